The van der Waals surface area contributed by atoms with Gasteiger partial charge in [0.05, 0.1) is 5.41 Å². The van der Waals surface area contributed by atoms with Crippen molar-refractivity contribution < 1.29 is 4.79 Å². The molecule has 4 nitrogen and oxygen atoms in total. The first-order valence-corrected chi connectivity index (χ1v) is 11.6. The Hall–Kier alpha value is -1.39. The van der Waals surface area contributed by atoms with Crippen LogP contribution < -0.4 is 5.73 Å². The molecule has 1 fully saturated rings. The molecule has 0 radical (unpaired) electrons. The SMILES string of the molecule is CC(C)N(CCC(CCN(C)C1CCCCC1)(C(N)=O)c1ccccc1)C(C)C. The summed E-state index contributed by atoms with van der Waals surface area (Å²) >= 11 is 0. The Kier molecular flexibility index (Phi) is 9.16. The maximum Gasteiger partial charge on any atom is 0.228 e. The molecule has 0 bridgehead atoms. The maximum absolute atomic E-state index is 12.9. The summed E-state index contributed by atoms with van der Waals surface area (Å²) in [5, 5.41) is 0. The van der Waals surface area contributed by atoms with E-state index in [-0.39, 0.29) is 5.91 Å². The van der Waals surface area contributed by atoms with Crippen molar-refractivity contribution in [1.29, 1.82) is 0 Å². The lowest BCUT2D eigenvalue weighted by Gasteiger charge is -2.39. The molecule has 1 saturated carbocycles. The first kappa shape index (κ1) is 23.9. The van der Waals surface area contributed by atoms with E-state index < -0.39 is 5.41 Å². The quantitative estimate of drug-likeness (QED) is 0.591. The number of carbonyl (C=O) groups is 1. The van der Waals surface area contributed by atoms with E-state index in [1.165, 1.54) is 32.1 Å². The van der Waals surface area contributed by atoms with Gasteiger partial charge in [-0.05, 0) is 72.5 Å². The number of rotatable bonds is 11. The molecule has 2 rings (SSSR count). The second-order valence-electron chi connectivity index (χ2n) is 9.51. The first-order valence-electron chi connectivity index (χ1n) is 11.6. The number of primary amides is 1. The van der Waals surface area contributed by atoms with E-state index in [0.717, 1.165) is 31.5 Å². The average Bonchev–Trinajstić information content (AvgIpc) is 2.71. The second kappa shape index (κ2) is 11.1. The predicted molar refractivity (Wildman–Crippen MR) is 123 cm³/mol. The fraction of sp³-hybridized carbons (Fsp3) is 0.720. The Bertz CT molecular complexity index is 602. The fourth-order valence-corrected chi connectivity index (χ4v) is 5.06. The highest BCUT2D eigenvalue weighted by Gasteiger charge is 2.39. The Morgan fingerprint density at radius 2 is 1.55 bits per heavy atom. The van der Waals surface area contributed by atoms with Crippen molar-refractivity contribution in [2.45, 2.75) is 96.2 Å². The number of hydrogen-bond acceptors (Lipinski definition) is 3. The molecular formula is C25H43N3O. The van der Waals surface area contributed by atoms with Crippen molar-refractivity contribution >= 4 is 5.91 Å². The standard InChI is InChI=1S/C25H43N3O/c1-20(2)28(21(3)4)19-17-25(24(26)29,22-12-8-6-9-13-22)16-18-27(5)23-14-10-7-11-15-23/h6,8-9,12-13,20-21,23H,7,10-11,14-19H2,1-5H3,(H2,26,29). The summed E-state index contributed by atoms with van der Waals surface area (Å²) in [6.07, 6.45) is 8.11. The molecule has 4 heteroatoms. The second-order valence-corrected chi connectivity index (χ2v) is 9.51. The summed E-state index contributed by atoms with van der Waals surface area (Å²) in [5.41, 5.74) is 6.58. The molecule has 164 valence electrons. The predicted octanol–water partition coefficient (Wildman–Crippen LogP) is 4.57. The van der Waals surface area contributed by atoms with Gasteiger partial charge < -0.3 is 10.6 Å². The van der Waals surface area contributed by atoms with E-state index in [4.69, 9.17) is 5.73 Å². The van der Waals surface area contributed by atoms with E-state index in [9.17, 15) is 4.79 Å². The van der Waals surface area contributed by atoms with Crippen LogP contribution in [0.1, 0.15) is 78.2 Å². The van der Waals surface area contributed by atoms with E-state index in [0.29, 0.717) is 18.1 Å². The van der Waals surface area contributed by atoms with Crippen LogP contribution in [-0.2, 0) is 10.2 Å². The molecule has 1 atom stereocenters. The average molecular weight is 402 g/mol. The maximum atomic E-state index is 12.9. The van der Waals surface area contributed by atoms with E-state index in [2.05, 4.69) is 56.7 Å². The van der Waals surface area contributed by atoms with Gasteiger partial charge in [0.25, 0.3) is 0 Å². The largest absolute Gasteiger partial charge is 0.369 e. The Morgan fingerprint density at radius 1 is 1.00 bits per heavy atom. The summed E-state index contributed by atoms with van der Waals surface area (Å²) in [4.78, 5) is 17.9. The van der Waals surface area contributed by atoms with E-state index in [1.807, 2.05) is 18.2 Å². The number of amides is 1. The molecule has 1 aromatic rings. The van der Waals surface area contributed by atoms with Gasteiger partial charge in [0.2, 0.25) is 5.91 Å². The lowest BCUT2D eigenvalue weighted by atomic mass is 9.73. The molecule has 1 unspecified atom stereocenters. The van der Waals surface area contributed by atoms with Crippen LogP contribution in [-0.4, -0.2) is 54.0 Å². The van der Waals surface area contributed by atoms with Gasteiger partial charge in [-0.2, -0.15) is 0 Å². The highest BCUT2D eigenvalue weighted by Crippen LogP contribution is 2.34. The molecule has 0 saturated heterocycles. The smallest absolute Gasteiger partial charge is 0.228 e. The summed E-state index contributed by atoms with van der Waals surface area (Å²) in [6.45, 7) is 10.7. The first-order chi connectivity index (χ1) is 13.8. The van der Waals surface area contributed by atoms with Gasteiger partial charge in [0.15, 0.2) is 0 Å². The van der Waals surface area contributed by atoms with Crippen LogP contribution in [0.2, 0.25) is 0 Å². The Balaban J connectivity index is 2.22. The van der Waals surface area contributed by atoms with Crippen molar-refractivity contribution in [2.75, 3.05) is 20.1 Å². The van der Waals surface area contributed by atoms with Gasteiger partial charge >= 0.3 is 0 Å². The molecule has 0 heterocycles. The highest BCUT2D eigenvalue weighted by atomic mass is 16.1. The van der Waals surface area contributed by atoms with Crippen LogP contribution in [0.4, 0.5) is 0 Å². The third kappa shape index (κ3) is 6.29. The summed E-state index contributed by atoms with van der Waals surface area (Å²) < 4.78 is 0. The monoisotopic (exact) mass is 401 g/mol. The topological polar surface area (TPSA) is 49.6 Å². The van der Waals surface area contributed by atoms with Crippen molar-refractivity contribution in [3.05, 3.63) is 35.9 Å². The molecule has 1 aromatic carbocycles. The minimum Gasteiger partial charge on any atom is -0.369 e. The minimum absolute atomic E-state index is 0.187. The number of nitrogens with zero attached hydrogens (tertiary/aromatic N) is 2. The lowest BCUT2D eigenvalue weighted by molar-refractivity contribution is -0.124. The summed E-state index contributed by atoms with van der Waals surface area (Å²) in [6, 6.07) is 11.8. The highest BCUT2D eigenvalue weighted by molar-refractivity contribution is 5.86. The summed E-state index contributed by atoms with van der Waals surface area (Å²) in [5.74, 6) is -0.187. The van der Waals surface area contributed by atoms with Gasteiger partial charge in [-0.3, -0.25) is 9.69 Å². The summed E-state index contributed by atoms with van der Waals surface area (Å²) in [7, 11) is 2.22. The van der Waals surface area contributed by atoms with E-state index >= 15 is 0 Å². The molecule has 1 aliphatic carbocycles. The van der Waals surface area contributed by atoms with Crippen LogP contribution in [0.3, 0.4) is 0 Å². The number of hydrogen-bond donors (Lipinski definition) is 1. The third-order valence-corrected chi connectivity index (χ3v) is 7.01. The third-order valence-electron chi connectivity index (χ3n) is 7.01. The molecule has 1 amide bonds. The lowest BCUT2D eigenvalue weighted by Crippen LogP contribution is -2.48. The zero-order valence-corrected chi connectivity index (χ0v) is 19.4. The molecule has 1 aliphatic rings. The van der Waals surface area contributed by atoms with Crippen molar-refractivity contribution in [2.24, 2.45) is 5.73 Å². The van der Waals surface area contributed by atoms with Crippen LogP contribution >= 0.6 is 0 Å². The van der Waals surface area contributed by atoms with Gasteiger partial charge in [-0.15, -0.1) is 0 Å². The van der Waals surface area contributed by atoms with Crippen LogP contribution in [0.15, 0.2) is 30.3 Å². The molecule has 2 N–H and O–H groups in total. The van der Waals surface area contributed by atoms with Crippen LogP contribution in [0.5, 0.6) is 0 Å². The fourth-order valence-electron chi connectivity index (χ4n) is 5.06. The minimum atomic E-state index is -0.619. The Labute approximate surface area is 178 Å². The van der Waals surface area contributed by atoms with Crippen LogP contribution in [0, 0.1) is 0 Å². The molecule has 0 aromatic heterocycles. The van der Waals surface area contributed by atoms with Crippen LogP contribution in [0.25, 0.3) is 0 Å². The number of carbonyl (C=O) groups excluding carboxylic acids is 1. The normalized spacial score (nSPS) is 18.0. The van der Waals surface area contributed by atoms with Crippen molar-refractivity contribution in [3.63, 3.8) is 0 Å². The molecular weight excluding hydrogens is 358 g/mol. The van der Waals surface area contributed by atoms with Gasteiger partial charge in [-0.25, -0.2) is 0 Å². The zero-order valence-electron chi connectivity index (χ0n) is 19.4. The Morgan fingerprint density at radius 3 is 2.07 bits per heavy atom. The van der Waals surface area contributed by atoms with Crippen molar-refractivity contribution in [1.82, 2.24) is 9.80 Å². The van der Waals surface area contributed by atoms with Crippen molar-refractivity contribution in [3.8, 4) is 0 Å². The molecule has 0 aliphatic heterocycles. The molecule has 0 spiro atoms. The van der Waals surface area contributed by atoms with Gasteiger partial charge in [-0.1, -0.05) is 49.6 Å². The zero-order chi connectivity index (χ0) is 21.4. The number of benzene rings is 1. The van der Waals surface area contributed by atoms with E-state index in [1.54, 1.807) is 0 Å². The molecule has 29 heavy (non-hydrogen) atoms. The van der Waals surface area contributed by atoms with Gasteiger partial charge in [0, 0.05) is 24.7 Å². The van der Waals surface area contributed by atoms with Gasteiger partial charge in [0.1, 0.15) is 0 Å². The number of nitrogens with two attached hydrogens (primary N) is 1.